The lowest BCUT2D eigenvalue weighted by molar-refractivity contribution is -0.150. The van der Waals surface area contributed by atoms with Gasteiger partial charge in [-0.3, -0.25) is 0 Å². The minimum atomic E-state index is -1.24. The smallest absolute Gasteiger partial charge is 0.332 e. The SMILES string of the molecule is O=C(O)C(O)C1CCCC2OC21. The van der Waals surface area contributed by atoms with Crippen LogP contribution in [0.25, 0.3) is 0 Å². The second-order valence-electron chi connectivity index (χ2n) is 3.52. The molecule has 2 fully saturated rings. The van der Waals surface area contributed by atoms with E-state index in [1.54, 1.807) is 0 Å². The fourth-order valence-electron chi connectivity index (χ4n) is 2.01. The zero-order chi connectivity index (χ0) is 8.72. The Morgan fingerprint density at radius 3 is 2.92 bits per heavy atom. The van der Waals surface area contributed by atoms with Gasteiger partial charge >= 0.3 is 5.97 Å². The van der Waals surface area contributed by atoms with Crippen LogP contribution in [0.3, 0.4) is 0 Å². The van der Waals surface area contributed by atoms with Gasteiger partial charge in [-0.2, -0.15) is 0 Å². The molecule has 0 spiro atoms. The maximum Gasteiger partial charge on any atom is 0.332 e. The molecule has 0 aromatic heterocycles. The number of aliphatic carboxylic acids is 1. The van der Waals surface area contributed by atoms with Crippen LogP contribution in [-0.2, 0) is 9.53 Å². The Balaban J connectivity index is 1.98. The molecule has 1 heterocycles. The molecule has 0 bridgehead atoms. The van der Waals surface area contributed by atoms with Gasteiger partial charge in [-0.1, -0.05) is 6.42 Å². The topological polar surface area (TPSA) is 70.1 Å². The van der Waals surface area contributed by atoms with Crippen molar-refractivity contribution in [3.63, 3.8) is 0 Å². The number of hydrogen-bond acceptors (Lipinski definition) is 3. The highest BCUT2D eigenvalue weighted by Gasteiger charge is 2.51. The van der Waals surface area contributed by atoms with Gasteiger partial charge in [-0.15, -0.1) is 0 Å². The lowest BCUT2D eigenvalue weighted by atomic mass is 9.85. The molecule has 1 saturated carbocycles. The van der Waals surface area contributed by atoms with Crippen molar-refractivity contribution in [2.75, 3.05) is 0 Å². The van der Waals surface area contributed by atoms with E-state index in [1.165, 1.54) is 0 Å². The van der Waals surface area contributed by atoms with Crippen molar-refractivity contribution in [1.82, 2.24) is 0 Å². The average molecular weight is 172 g/mol. The van der Waals surface area contributed by atoms with Crippen molar-refractivity contribution in [2.45, 2.75) is 37.6 Å². The molecule has 0 aromatic rings. The van der Waals surface area contributed by atoms with E-state index in [1.807, 2.05) is 0 Å². The Hall–Kier alpha value is -0.610. The first-order chi connectivity index (χ1) is 5.70. The number of rotatable bonds is 2. The first kappa shape index (κ1) is 8.01. The van der Waals surface area contributed by atoms with E-state index in [4.69, 9.17) is 9.84 Å². The van der Waals surface area contributed by atoms with Crippen LogP contribution in [0.2, 0.25) is 0 Å². The molecule has 12 heavy (non-hydrogen) atoms. The number of ether oxygens (including phenoxy) is 1. The lowest BCUT2D eigenvalue weighted by Gasteiger charge is -2.20. The minimum absolute atomic E-state index is 0.0184. The van der Waals surface area contributed by atoms with Gasteiger partial charge in [0.2, 0.25) is 0 Å². The summed E-state index contributed by atoms with van der Waals surface area (Å²) in [5, 5.41) is 17.8. The van der Waals surface area contributed by atoms with Gasteiger partial charge in [0.15, 0.2) is 6.10 Å². The number of carboxylic acids is 1. The van der Waals surface area contributed by atoms with Gasteiger partial charge in [-0.25, -0.2) is 4.79 Å². The molecule has 68 valence electrons. The molecule has 0 aromatic carbocycles. The van der Waals surface area contributed by atoms with Crippen molar-refractivity contribution in [3.8, 4) is 0 Å². The summed E-state index contributed by atoms with van der Waals surface area (Å²) in [5.74, 6) is -1.31. The number of carboxylic acid groups (broad SMARTS) is 1. The maximum absolute atomic E-state index is 10.5. The van der Waals surface area contributed by atoms with E-state index in [9.17, 15) is 9.90 Å². The normalized spacial score (nSPS) is 41.6. The summed E-state index contributed by atoms with van der Waals surface area (Å²) in [6, 6.07) is 0. The third-order valence-electron chi connectivity index (χ3n) is 2.73. The molecule has 4 unspecified atom stereocenters. The number of aliphatic hydroxyl groups is 1. The third-order valence-corrected chi connectivity index (χ3v) is 2.73. The van der Waals surface area contributed by atoms with Gasteiger partial charge in [-0.05, 0) is 12.8 Å². The number of fused-ring (bicyclic) bond motifs is 1. The summed E-state index contributed by atoms with van der Waals surface area (Å²) in [5.41, 5.74) is 0. The Labute approximate surface area is 70.1 Å². The molecule has 4 heteroatoms. The lowest BCUT2D eigenvalue weighted by Crippen LogP contribution is -2.35. The number of carbonyl (C=O) groups is 1. The van der Waals surface area contributed by atoms with Crippen molar-refractivity contribution in [2.24, 2.45) is 5.92 Å². The molecular weight excluding hydrogens is 160 g/mol. The molecule has 0 amide bonds. The second-order valence-corrected chi connectivity index (χ2v) is 3.52. The molecule has 2 aliphatic rings. The molecule has 4 nitrogen and oxygen atoms in total. The highest BCUT2D eigenvalue weighted by Crippen LogP contribution is 2.42. The quantitative estimate of drug-likeness (QED) is 0.575. The van der Waals surface area contributed by atoms with Gasteiger partial charge in [0.05, 0.1) is 12.2 Å². The summed E-state index contributed by atoms with van der Waals surface area (Å²) in [6.45, 7) is 0. The van der Waals surface area contributed by atoms with Crippen LogP contribution in [0.1, 0.15) is 19.3 Å². The molecular formula is C8H12O4. The summed E-state index contributed by atoms with van der Waals surface area (Å²) in [7, 11) is 0. The van der Waals surface area contributed by atoms with Crippen molar-refractivity contribution < 1.29 is 19.7 Å². The zero-order valence-corrected chi connectivity index (χ0v) is 6.64. The largest absolute Gasteiger partial charge is 0.479 e. The molecule has 1 saturated heterocycles. The van der Waals surface area contributed by atoms with E-state index in [-0.39, 0.29) is 18.1 Å². The predicted octanol–water partition coefficient (Wildman–Crippen LogP) is -0.000600. The molecule has 4 atom stereocenters. The molecule has 0 radical (unpaired) electrons. The van der Waals surface area contributed by atoms with Crippen LogP contribution in [0.5, 0.6) is 0 Å². The van der Waals surface area contributed by atoms with Gasteiger partial charge in [0.25, 0.3) is 0 Å². The van der Waals surface area contributed by atoms with Crippen LogP contribution in [0.15, 0.2) is 0 Å². The van der Waals surface area contributed by atoms with Crippen molar-refractivity contribution in [3.05, 3.63) is 0 Å². The number of hydrogen-bond donors (Lipinski definition) is 2. The van der Waals surface area contributed by atoms with Crippen LogP contribution in [0.4, 0.5) is 0 Å². The van der Waals surface area contributed by atoms with Crippen LogP contribution >= 0.6 is 0 Å². The van der Waals surface area contributed by atoms with Crippen LogP contribution in [0, 0.1) is 5.92 Å². The fourth-order valence-corrected chi connectivity index (χ4v) is 2.01. The predicted molar refractivity (Wildman–Crippen MR) is 39.6 cm³/mol. The van der Waals surface area contributed by atoms with Gasteiger partial charge < -0.3 is 14.9 Å². The molecule has 1 aliphatic heterocycles. The van der Waals surface area contributed by atoms with E-state index in [0.717, 1.165) is 19.3 Å². The highest BCUT2D eigenvalue weighted by molar-refractivity contribution is 5.72. The average Bonchev–Trinajstić information content (AvgIpc) is 2.80. The molecule has 2 N–H and O–H groups in total. The first-order valence-corrected chi connectivity index (χ1v) is 4.26. The van der Waals surface area contributed by atoms with Crippen molar-refractivity contribution >= 4 is 5.97 Å². The van der Waals surface area contributed by atoms with Gasteiger partial charge in [0, 0.05) is 5.92 Å². The van der Waals surface area contributed by atoms with Crippen LogP contribution < -0.4 is 0 Å². The van der Waals surface area contributed by atoms with Crippen molar-refractivity contribution in [1.29, 1.82) is 0 Å². The van der Waals surface area contributed by atoms with Gasteiger partial charge in [0.1, 0.15) is 0 Å². The first-order valence-electron chi connectivity index (χ1n) is 4.26. The summed E-state index contributed by atoms with van der Waals surface area (Å²) < 4.78 is 5.24. The Morgan fingerprint density at radius 1 is 1.50 bits per heavy atom. The Bertz CT molecular complexity index is 203. The monoisotopic (exact) mass is 172 g/mol. The second kappa shape index (κ2) is 2.71. The minimum Gasteiger partial charge on any atom is -0.479 e. The van der Waals surface area contributed by atoms with E-state index in [2.05, 4.69) is 0 Å². The molecule has 1 aliphatic carbocycles. The molecule has 2 rings (SSSR count). The fraction of sp³-hybridized carbons (Fsp3) is 0.875. The number of aliphatic hydroxyl groups excluding tert-OH is 1. The summed E-state index contributed by atoms with van der Waals surface area (Å²) >= 11 is 0. The Kier molecular flexibility index (Phi) is 1.81. The van der Waals surface area contributed by atoms with E-state index < -0.39 is 12.1 Å². The summed E-state index contributed by atoms with van der Waals surface area (Å²) in [6.07, 6.45) is 1.78. The zero-order valence-electron chi connectivity index (χ0n) is 6.64. The number of epoxide rings is 1. The summed E-state index contributed by atoms with van der Waals surface area (Å²) in [4.78, 5) is 10.5. The maximum atomic E-state index is 10.5. The Morgan fingerprint density at radius 2 is 2.25 bits per heavy atom. The standard InChI is InChI=1S/C8H12O4/c9-6(8(10)11)4-2-1-3-5-7(4)12-5/h4-7,9H,1-3H2,(H,10,11). The highest BCUT2D eigenvalue weighted by atomic mass is 16.6. The van der Waals surface area contributed by atoms with E-state index in [0.29, 0.717) is 0 Å². The third kappa shape index (κ3) is 1.21. The van der Waals surface area contributed by atoms with Crippen LogP contribution in [-0.4, -0.2) is 34.5 Å². The van der Waals surface area contributed by atoms with E-state index >= 15 is 0 Å².